The molecule has 1 amide bonds. The molecule has 128 valence electrons. The molecule has 1 N–H and O–H groups in total. The van der Waals surface area contributed by atoms with E-state index in [4.69, 9.17) is 11.6 Å². The number of carbonyl (C=O) groups excluding carboxylic acids is 1. The minimum Gasteiger partial charge on any atom is -0.350 e. The van der Waals surface area contributed by atoms with Crippen molar-refractivity contribution in [1.29, 1.82) is 0 Å². The van der Waals surface area contributed by atoms with Gasteiger partial charge in [0.15, 0.2) is 0 Å². The molecule has 1 aromatic carbocycles. The first kappa shape index (κ1) is 18.6. The second-order valence-electron chi connectivity index (χ2n) is 5.44. The molecular formula is C15H21ClN2O3S2. The van der Waals surface area contributed by atoms with Gasteiger partial charge in [-0.3, -0.25) is 4.79 Å². The van der Waals surface area contributed by atoms with E-state index in [-0.39, 0.29) is 27.4 Å². The molecule has 0 aromatic heterocycles. The van der Waals surface area contributed by atoms with E-state index >= 15 is 0 Å². The Morgan fingerprint density at radius 2 is 2.04 bits per heavy atom. The number of hydrogen-bond donors (Lipinski definition) is 1. The van der Waals surface area contributed by atoms with Crippen LogP contribution < -0.4 is 5.32 Å². The summed E-state index contributed by atoms with van der Waals surface area (Å²) in [7, 11) is -3.59. The van der Waals surface area contributed by atoms with E-state index in [1.165, 1.54) is 22.5 Å². The Labute approximate surface area is 146 Å². The van der Waals surface area contributed by atoms with Crippen LogP contribution in [-0.2, 0) is 10.0 Å². The largest absolute Gasteiger partial charge is 0.350 e. The van der Waals surface area contributed by atoms with Crippen molar-refractivity contribution in [2.24, 2.45) is 0 Å². The molecule has 1 aliphatic rings. The van der Waals surface area contributed by atoms with Crippen molar-refractivity contribution in [1.82, 2.24) is 9.62 Å². The van der Waals surface area contributed by atoms with Crippen LogP contribution in [0.15, 0.2) is 23.1 Å². The Morgan fingerprint density at radius 3 is 2.65 bits per heavy atom. The van der Waals surface area contributed by atoms with E-state index in [1.807, 2.05) is 13.8 Å². The molecule has 1 atom stereocenters. The Kier molecular flexibility index (Phi) is 6.36. The summed E-state index contributed by atoms with van der Waals surface area (Å²) in [5, 5.41) is 3.06. The summed E-state index contributed by atoms with van der Waals surface area (Å²) in [5.41, 5.74) is 0.194. The molecule has 1 fully saturated rings. The Morgan fingerprint density at radius 1 is 1.39 bits per heavy atom. The zero-order valence-corrected chi connectivity index (χ0v) is 15.6. The smallest absolute Gasteiger partial charge is 0.253 e. The van der Waals surface area contributed by atoms with Crippen molar-refractivity contribution in [3.8, 4) is 0 Å². The minimum absolute atomic E-state index is 0.00190. The Hall–Kier alpha value is -0.760. The van der Waals surface area contributed by atoms with E-state index < -0.39 is 10.0 Å². The van der Waals surface area contributed by atoms with Crippen molar-refractivity contribution >= 4 is 39.3 Å². The average Bonchev–Trinajstić information content (AvgIpc) is 2.55. The van der Waals surface area contributed by atoms with Crippen LogP contribution in [0.3, 0.4) is 0 Å². The van der Waals surface area contributed by atoms with Gasteiger partial charge in [-0.15, -0.1) is 0 Å². The number of amides is 1. The van der Waals surface area contributed by atoms with Crippen LogP contribution in [0, 0.1) is 0 Å². The number of nitrogens with one attached hydrogen (secondary N) is 1. The third-order valence-electron chi connectivity index (χ3n) is 3.78. The van der Waals surface area contributed by atoms with Crippen molar-refractivity contribution in [2.75, 3.05) is 24.6 Å². The van der Waals surface area contributed by atoms with Gasteiger partial charge in [0.1, 0.15) is 0 Å². The number of halogens is 1. The van der Waals surface area contributed by atoms with Crippen molar-refractivity contribution < 1.29 is 13.2 Å². The predicted molar refractivity (Wildman–Crippen MR) is 94.8 cm³/mol. The highest BCUT2D eigenvalue weighted by Gasteiger charge is 2.27. The average molecular weight is 377 g/mol. The molecule has 0 spiro atoms. The number of nitrogens with zero attached hydrogens (tertiary/aromatic N) is 1. The number of thioether (sulfide) groups is 1. The van der Waals surface area contributed by atoms with Gasteiger partial charge in [0, 0.05) is 30.6 Å². The quantitative estimate of drug-likeness (QED) is 0.857. The summed E-state index contributed by atoms with van der Waals surface area (Å²) >= 11 is 7.82. The lowest BCUT2D eigenvalue weighted by atomic mass is 10.2. The molecule has 0 bridgehead atoms. The lowest BCUT2D eigenvalue weighted by Crippen LogP contribution is -2.38. The molecule has 1 aromatic rings. The van der Waals surface area contributed by atoms with Gasteiger partial charge in [0.05, 0.1) is 15.5 Å². The third kappa shape index (κ3) is 4.41. The molecule has 1 aliphatic heterocycles. The molecule has 2 rings (SSSR count). The molecule has 1 heterocycles. The number of hydrogen-bond acceptors (Lipinski definition) is 4. The summed E-state index contributed by atoms with van der Waals surface area (Å²) in [5.74, 6) is 1.22. The lowest BCUT2D eigenvalue weighted by Gasteiger charge is -2.25. The van der Waals surface area contributed by atoms with Gasteiger partial charge >= 0.3 is 0 Å². The van der Waals surface area contributed by atoms with Gasteiger partial charge in [-0.1, -0.05) is 18.5 Å². The normalized spacial score (nSPS) is 17.7. The number of carbonyl (C=O) groups is 1. The fourth-order valence-electron chi connectivity index (χ4n) is 2.18. The summed E-state index contributed by atoms with van der Waals surface area (Å²) in [6.45, 7) is 4.83. The van der Waals surface area contributed by atoms with Crippen LogP contribution >= 0.6 is 23.4 Å². The highest BCUT2D eigenvalue weighted by molar-refractivity contribution is 7.99. The van der Waals surface area contributed by atoms with E-state index in [0.29, 0.717) is 13.1 Å². The number of rotatable bonds is 5. The van der Waals surface area contributed by atoms with E-state index in [0.717, 1.165) is 17.9 Å². The molecule has 0 radical (unpaired) electrons. The molecule has 5 nitrogen and oxygen atoms in total. The van der Waals surface area contributed by atoms with Crippen molar-refractivity contribution in [3.05, 3.63) is 28.8 Å². The maximum Gasteiger partial charge on any atom is 0.253 e. The third-order valence-corrected chi connectivity index (χ3v) is 6.95. The first-order valence-corrected chi connectivity index (χ1v) is 10.5. The van der Waals surface area contributed by atoms with Crippen LogP contribution in [0.5, 0.6) is 0 Å². The molecule has 23 heavy (non-hydrogen) atoms. The van der Waals surface area contributed by atoms with Gasteiger partial charge in [0.25, 0.3) is 5.91 Å². The maximum absolute atomic E-state index is 12.7. The second-order valence-corrected chi connectivity index (χ2v) is 9.01. The van der Waals surface area contributed by atoms with Crippen molar-refractivity contribution in [2.45, 2.75) is 31.2 Å². The zero-order valence-electron chi connectivity index (χ0n) is 13.2. The summed E-state index contributed by atoms with van der Waals surface area (Å²) < 4.78 is 26.8. The fraction of sp³-hybridized carbons (Fsp3) is 0.533. The van der Waals surface area contributed by atoms with E-state index in [1.54, 1.807) is 11.8 Å². The van der Waals surface area contributed by atoms with Crippen LogP contribution in [0.1, 0.15) is 30.6 Å². The molecular weight excluding hydrogens is 356 g/mol. The lowest BCUT2D eigenvalue weighted by molar-refractivity contribution is 0.0939. The summed E-state index contributed by atoms with van der Waals surface area (Å²) in [6, 6.07) is 4.30. The van der Waals surface area contributed by atoms with Crippen LogP contribution in [0.4, 0.5) is 0 Å². The molecule has 8 heteroatoms. The fourth-order valence-corrected chi connectivity index (χ4v) is 4.98. The zero-order chi connectivity index (χ0) is 17.0. The van der Waals surface area contributed by atoms with E-state index in [2.05, 4.69) is 5.32 Å². The van der Waals surface area contributed by atoms with Crippen LogP contribution in [0.25, 0.3) is 0 Å². The molecule has 0 aliphatic carbocycles. The van der Waals surface area contributed by atoms with Crippen molar-refractivity contribution in [3.63, 3.8) is 0 Å². The van der Waals surface area contributed by atoms with Gasteiger partial charge in [-0.2, -0.15) is 16.1 Å². The standard InChI is InChI=1S/C15H21ClN2O3S2/c1-3-11(2)17-15(19)13-10-12(4-5-14(13)16)23(20,21)18-6-8-22-9-7-18/h4-5,10-11H,3,6-9H2,1-2H3,(H,17,19)/t11-/m0/s1. The molecule has 1 saturated heterocycles. The first-order valence-electron chi connectivity index (χ1n) is 7.54. The number of benzene rings is 1. The monoisotopic (exact) mass is 376 g/mol. The minimum atomic E-state index is -3.59. The van der Waals surface area contributed by atoms with Crippen LogP contribution in [-0.4, -0.2) is 49.3 Å². The molecule has 0 unspecified atom stereocenters. The Balaban J connectivity index is 2.30. The number of sulfonamides is 1. The SMILES string of the molecule is CC[C@H](C)NC(=O)c1cc(S(=O)(=O)N2CCSCC2)ccc1Cl. The summed E-state index contributed by atoms with van der Waals surface area (Å²) in [6.07, 6.45) is 0.785. The topological polar surface area (TPSA) is 66.5 Å². The van der Waals surface area contributed by atoms with E-state index in [9.17, 15) is 13.2 Å². The van der Waals surface area contributed by atoms with Gasteiger partial charge in [0.2, 0.25) is 10.0 Å². The predicted octanol–water partition coefficient (Wildman–Crippen LogP) is 2.61. The highest BCUT2D eigenvalue weighted by Crippen LogP contribution is 2.25. The van der Waals surface area contributed by atoms with Gasteiger partial charge in [-0.25, -0.2) is 8.42 Å². The second kappa shape index (κ2) is 7.88. The van der Waals surface area contributed by atoms with Gasteiger partial charge in [-0.05, 0) is 31.5 Å². The highest BCUT2D eigenvalue weighted by atomic mass is 35.5. The summed E-state index contributed by atoms with van der Waals surface area (Å²) in [4.78, 5) is 12.4. The van der Waals surface area contributed by atoms with Crippen LogP contribution in [0.2, 0.25) is 5.02 Å². The molecule has 0 saturated carbocycles. The first-order chi connectivity index (χ1) is 10.9. The Bertz CT molecular complexity index is 673. The van der Waals surface area contributed by atoms with Gasteiger partial charge < -0.3 is 5.32 Å². The maximum atomic E-state index is 12.7.